The van der Waals surface area contributed by atoms with E-state index in [0.717, 1.165) is 45.6 Å². The normalized spacial score (nSPS) is 19.9. The Labute approximate surface area is 146 Å². The lowest BCUT2D eigenvalue weighted by molar-refractivity contribution is 0.133. The molecule has 2 aliphatic rings. The molecular formula is C20H31N3O. The lowest BCUT2D eigenvalue weighted by atomic mass is 10.0. The van der Waals surface area contributed by atoms with Gasteiger partial charge < -0.3 is 10.2 Å². The van der Waals surface area contributed by atoms with Gasteiger partial charge in [0.05, 0.1) is 0 Å². The second-order valence-corrected chi connectivity index (χ2v) is 7.59. The molecule has 1 aliphatic carbocycles. The number of amides is 2. The molecule has 2 fully saturated rings. The van der Waals surface area contributed by atoms with Crippen molar-refractivity contribution in [1.82, 2.24) is 15.1 Å². The van der Waals surface area contributed by atoms with Crippen LogP contribution in [0.15, 0.2) is 24.3 Å². The van der Waals surface area contributed by atoms with Crippen molar-refractivity contribution in [2.24, 2.45) is 0 Å². The van der Waals surface area contributed by atoms with Crippen LogP contribution in [-0.2, 0) is 6.54 Å². The van der Waals surface area contributed by atoms with Crippen LogP contribution in [0.1, 0.15) is 56.6 Å². The molecule has 1 aromatic carbocycles. The van der Waals surface area contributed by atoms with E-state index in [0.29, 0.717) is 12.0 Å². The molecule has 0 atom stereocenters. The SMILES string of the molecule is CC(C)c1ccc(CN2CCN(C(=O)NC3CCCC3)CC2)cc1. The lowest BCUT2D eigenvalue weighted by Gasteiger charge is -2.35. The second-order valence-electron chi connectivity index (χ2n) is 7.59. The van der Waals surface area contributed by atoms with Gasteiger partial charge in [0.1, 0.15) is 0 Å². The largest absolute Gasteiger partial charge is 0.335 e. The summed E-state index contributed by atoms with van der Waals surface area (Å²) >= 11 is 0. The summed E-state index contributed by atoms with van der Waals surface area (Å²) in [4.78, 5) is 16.7. The highest BCUT2D eigenvalue weighted by molar-refractivity contribution is 5.74. The summed E-state index contributed by atoms with van der Waals surface area (Å²) < 4.78 is 0. The van der Waals surface area contributed by atoms with Gasteiger partial charge >= 0.3 is 6.03 Å². The van der Waals surface area contributed by atoms with Gasteiger partial charge in [-0.05, 0) is 29.9 Å². The average Bonchev–Trinajstić information content (AvgIpc) is 3.09. The van der Waals surface area contributed by atoms with Crippen LogP contribution in [0.5, 0.6) is 0 Å². The van der Waals surface area contributed by atoms with Gasteiger partial charge in [0.15, 0.2) is 0 Å². The first-order chi connectivity index (χ1) is 11.6. The van der Waals surface area contributed by atoms with Gasteiger partial charge in [0.2, 0.25) is 0 Å². The van der Waals surface area contributed by atoms with Crippen molar-refractivity contribution in [3.8, 4) is 0 Å². The number of hydrogen-bond donors (Lipinski definition) is 1. The fourth-order valence-electron chi connectivity index (χ4n) is 3.71. The summed E-state index contributed by atoms with van der Waals surface area (Å²) in [5.74, 6) is 0.584. The maximum absolute atomic E-state index is 12.3. The molecule has 132 valence electrons. The fourth-order valence-corrected chi connectivity index (χ4v) is 3.71. The van der Waals surface area contributed by atoms with Crippen molar-refractivity contribution in [1.29, 1.82) is 0 Å². The number of rotatable bonds is 4. The Kier molecular flexibility index (Phi) is 5.77. The predicted octanol–water partition coefficient (Wildman–Crippen LogP) is 3.58. The topological polar surface area (TPSA) is 35.6 Å². The van der Waals surface area contributed by atoms with E-state index < -0.39 is 0 Å². The van der Waals surface area contributed by atoms with Crippen LogP contribution in [0.4, 0.5) is 4.79 Å². The number of hydrogen-bond acceptors (Lipinski definition) is 2. The van der Waals surface area contributed by atoms with E-state index in [9.17, 15) is 4.79 Å². The van der Waals surface area contributed by atoms with Gasteiger partial charge in [0.25, 0.3) is 0 Å². The van der Waals surface area contributed by atoms with Crippen LogP contribution in [0.3, 0.4) is 0 Å². The first kappa shape index (κ1) is 17.3. The summed E-state index contributed by atoms with van der Waals surface area (Å²) in [5, 5.41) is 3.20. The second kappa shape index (κ2) is 8.02. The monoisotopic (exact) mass is 329 g/mol. The standard InChI is InChI=1S/C20H31N3O/c1-16(2)18-9-7-17(8-10-18)15-22-11-13-23(14-12-22)20(24)21-19-5-3-4-6-19/h7-10,16,19H,3-6,11-15H2,1-2H3,(H,21,24). The van der Waals surface area contributed by atoms with E-state index in [2.05, 4.69) is 48.3 Å². The first-order valence-electron chi connectivity index (χ1n) is 9.48. The van der Waals surface area contributed by atoms with Gasteiger partial charge in [-0.1, -0.05) is 51.0 Å². The Hall–Kier alpha value is -1.55. The van der Waals surface area contributed by atoms with Gasteiger partial charge in [0, 0.05) is 38.8 Å². The van der Waals surface area contributed by atoms with E-state index in [1.807, 2.05) is 4.90 Å². The molecule has 1 aromatic rings. The Morgan fingerprint density at radius 2 is 1.71 bits per heavy atom. The smallest absolute Gasteiger partial charge is 0.317 e. The van der Waals surface area contributed by atoms with Gasteiger partial charge in [-0.15, -0.1) is 0 Å². The van der Waals surface area contributed by atoms with Gasteiger partial charge in [-0.3, -0.25) is 4.90 Å². The molecule has 1 aliphatic heterocycles. The minimum absolute atomic E-state index is 0.142. The van der Waals surface area contributed by atoms with Gasteiger partial charge in [-0.2, -0.15) is 0 Å². The summed E-state index contributed by atoms with van der Waals surface area (Å²) in [6.45, 7) is 9.03. The highest BCUT2D eigenvalue weighted by atomic mass is 16.2. The third kappa shape index (κ3) is 4.50. The molecule has 0 spiro atoms. The Bertz CT molecular complexity index is 526. The molecule has 0 unspecified atom stereocenters. The van der Waals surface area contributed by atoms with Crippen molar-refractivity contribution in [2.45, 2.75) is 58.0 Å². The van der Waals surface area contributed by atoms with E-state index >= 15 is 0 Å². The minimum atomic E-state index is 0.142. The predicted molar refractivity (Wildman–Crippen MR) is 98.2 cm³/mol. The van der Waals surface area contributed by atoms with Gasteiger partial charge in [-0.25, -0.2) is 4.79 Å². The Morgan fingerprint density at radius 1 is 1.08 bits per heavy atom. The van der Waals surface area contributed by atoms with E-state index in [4.69, 9.17) is 0 Å². The number of piperazine rings is 1. The molecule has 4 nitrogen and oxygen atoms in total. The molecule has 2 amide bonds. The van der Waals surface area contributed by atoms with Crippen molar-refractivity contribution >= 4 is 6.03 Å². The van der Waals surface area contributed by atoms with E-state index in [1.54, 1.807) is 0 Å². The van der Waals surface area contributed by atoms with Crippen molar-refractivity contribution < 1.29 is 4.79 Å². The van der Waals surface area contributed by atoms with Crippen molar-refractivity contribution in [2.75, 3.05) is 26.2 Å². The number of carbonyl (C=O) groups excluding carboxylic acids is 1. The third-order valence-corrected chi connectivity index (χ3v) is 5.39. The summed E-state index contributed by atoms with van der Waals surface area (Å²) in [6, 6.07) is 9.53. The zero-order chi connectivity index (χ0) is 16.9. The highest BCUT2D eigenvalue weighted by Gasteiger charge is 2.24. The molecular weight excluding hydrogens is 298 g/mol. The van der Waals surface area contributed by atoms with Crippen LogP contribution in [-0.4, -0.2) is 48.1 Å². The third-order valence-electron chi connectivity index (χ3n) is 5.39. The Morgan fingerprint density at radius 3 is 2.29 bits per heavy atom. The fraction of sp³-hybridized carbons (Fsp3) is 0.650. The number of nitrogens with zero attached hydrogens (tertiary/aromatic N) is 2. The van der Waals surface area contributed by atoms with Crippen molar-refractivity contribution in [3.05, 3.63) is 35.4 Å². The molecule has 3 rings (SSSR count). The molecule has 0 bridgehead atoms. The highest BCUT2D eigenvalue weighted by Crippen LogP contribution is 2.19. The quantitative estimate of drug-likeness (QED) is 0.916. The van der Waals surface area contributed by atoms with Crippen LogP contribution in [0, 0.1) is 0 Å². The molecule has 0 radical (unpaired) electrons. The van der Waals surface area contributed by atoms with Crippen LogP contribution in [0.25, 0.3) is 0 Å². The maximum Gasteiger partial charge on any atom is 0.317 e. The zero-order valence-corrected chi connectivity index (χ0v) is 15.1. The summed E-state index contributed by atoms with van der Waals surface area (Å²) in [5.41, 5.74) is 2.76. The van der Waals surface area contributed by atoms with E-state index in [1.165, 1.54) is 24.0 Å². The number of urea groups is 1. The Balaban J connectivity index is 1.43. The van der Waals surface area contributed by atoms with Crippen LogP contribution < -0.4 is 5.32 Å². The molecule has 24 heavy (non-hydrogen) atoms. The van der Waals surface area contributed by atoms with Crippen LogP contribution >= 0.6 is 0 Å². The molecule has 1 saturated heterocycles. The minimum Gasteiger partial charge on any atom is -0.335 e. The molecule has 4 heteroatoms. The molecule has 0 aromatic heterocycles. The molecule has 1 heterocycles. The first-order valence-corrected chi connectivity index (χ1v) is 9.48. The summed E-state index contributed by atoms with van der Waals surface area (Å²) in [6.07, 6.45) is 4.82. The maximum atomic E-state index is 12.3. The number of nitrogens with one attached hydrogen (secondary N) is 1. The van der Waals surface area contributed by atoms with Crippen molar-refractivity contribution in [3.63, 3.8) is 0 Å². The lowest BCUT2D eigenvalue weighted by Crippen LogP contribution is -2.52. The van der Waals surface area contributed by atoms with E-state index in [-0.39, 0.29) is 6.03 Å². The molecule has 1 saturated carbocycles. The number of carbonyl (C=O) groups is 1. The average molecular weight is 329 g/mol. The number of benzene rings is 1. The molecule has 1 N–H and O–H groups in total. The van der Waals surface area contributed by atoms with Crippen LogP contribution in [0.2, 0.25) is 0 Å². The zero-order valence-electron chi connectivity index (χ0n) is 15.1. The summed E-state index contributed by atoms with van der Waals surface area (Å²) in [7, 11) is 0.